The van der Waals surface area contributed by atoms with Crippen molar-refractivity contribution < 1.29 is 32.8 Å². The molecule has 1 aromatic rings. The van der Waals surface area contributed by atoms with Gasteiger partial charge in [0.2, 0.25) is 23.6 Å². The first-order valence-corrected chi connectivity index (χ1v) is 15.8. The zero-order valence-corrected chi connectivity index (χ0v) is 26.1. The Morgan fingerprint density at radius 3 is 1.88 bits per heavy atom. The zero-order chi connectivity index (χ0) is 31.1. The van der Waals surface area contributed by atoms with Crippen molar-refractivity contribution in [1.29, 1.82) is 0 Å². The normalized spacial score (nSPS) is 16.4. The highest BCUT2D eigenvalue weighted by molar-refractivity contribution is 7.53. The first-order valence-electron chi connectivity index (χ1n) is 14.1. The molecule has 0 saturated heterocycles. The minimum absolute atomic E-state index is 0.113. The van der Waals surface area contributed by atoms with Crippen LogP contribution < -0.4 is 22.1 Å². The highest BCUT2D eigenvalue weighted by Gasteiger charge is 2.42. The Labute approximate surface area is 243 Å². The van der Waals surface area contributed by atoms with Gasteiger partial charge < -0.3 is 31.1 Å². The second-order valence-corrected chi connectivity index (χ2v) is 14.7. The van der Waals surface area contributed by atoms with E-state index in [4.69, 9.17) is 20.5 Å². The number of carbonyl (C=O) groups is 4. The van der Waals surface area contributed by atoms with Crippen LogP contribution in [0.15, 0.2) is 24.3 Å². The molecule has 1 fully saturated rings. The molecule has 0 bridgehead atoms. The van der Waals surface area contributed by atoms with Crippen LogP contribution in [0.5, 0.6) is 0 Å². The molecule has 0 unspecified atom stereocenters. The minimum atomic E-state index is -3.45. The van der Waals surface area contributed by atoms with Gasteiger partial charge in [-0.25, -0.2) is 0 Å². The van der Waals surface area contributed by atoms with Gasteiger partial charge in [-0.3, -0.25) is 23.7 Å². The third kappa shape index (κ3) is 11.9. The van der Waals surface area contributed by atoms with Gasteiger partial charge in [0, 0.05) is 6.42 Å². The molecule has 0 heterocycles. The van der Waals surface area contributed by atoms with Crippen LogP contribution in [0.25, 0.3) is 0 Å². The molecule has 230 valence electrons. The van der Waals surface area contributed by atoms with Crippen LogP contribution in [0.3, 0.4) is 0 Å². The molecule has 1 aliphatic rings. The van der Waals surface area contributed by atoms with E-state index >= 15 is 0 Å². The van der Waals surface area contributed by atoms with Crippen molar-refractivity contribution in [2.24, 2.45) is 11.5 Å². The summed E-state index contributed by atoms with van der Waals surface area (Å²) in [4.78, 5) is 49.3. The van der Waals surface area contributed by atoms with Gasteiger partial charge in [0.1, 0.15) is 11.6 Å². The largest absolute Gasteiger partial charge is 0.370 e. The van der Waals surface area contributed by atoms with Gasteiger partial charge in [-0.15, -0.1) is 0 Å². The van der Waals surface area contributed by atoms with Crippen LogP contribution in [0, 0.1) is 0 Å². The maximum absolute atomic E-state index is 13.6. The molecule has 1 aliphatic carbocycles. The summed E-state index contributed by atoms with van der Waals surface area (Å²) in [6, 6.07) is 6.18. The van der Waals surface area contributed by atoms with E-state index in [1.807, 2.05) is 65.8 Å². The predicted octanol–water partition coefficient (Wildman–Crippen LogP) is 3.61. The van der Waals surface area contributed by atoms with Gasteiger partial charge in [0.05, 0.1) is 23.8 Å². The lowest BCUT2D eigenvalue weighted by Crippen LogP contribution is -2.62. The lowest BCUT2D eigenvalue weighted by molar-refractivity contribution is -0.137. The molecule has 1 aromatic carbocycles. The van der Waals surface area contributed by atoms with Gasteiger partial charge in [-0.1, -0.05) is 43.5 Å². The van der Waals surface area contributed by atoms with Crippen LogP contribution in [0.4, 0.5) is 0 Å². The summed E-state index contributed by atoms with van der Waals surface area (Å²) in [6.45, 7) is 11.0. The Morgan fingerprint density at radius 2 is 1.41 bits per heavy atom. The van der Waals surface area contributed by atoms with E-state index in [9.17, 15) is 23.7 Å². The molecule has 12 heteroatoms. The Bertz CT molecular complexity index is 1110. The van der Waals surface area contributed by atoms with Gasteiger partial charge >= 0.3 is 7.60 Å². The van der Waals surface area contributed by atoms with E-state index < -0.39 is 54.5 Å². The topological polar surface area (TPSA) is 180 Å². The quantitative estimate of drug-likeness (QED) is 0.252. The number of hydrogen-bond donors (Lipinski definition) is 4. The molecular weight excluding hydrogens is 547 g/mol. The first-order chi connectivity index (χ1) is 18.8. The lowest BCUT2D eigenvalue weighted by atomic mass is 9.80. The molecule has 41 heavy (non-hydrogen) atoms. The van der Waals surface area contributed by atoms with Crippen molar-refractivity contribution in [2.75, 3.05) is 0 Å². The van der Waals surface area contributed by atoms with E-state index in [2.05, 4.69) is 10.6 Å². The van der Waals surface area contributed by atoms with E-state index in [0.29, 0.717) is 19.3 Å². The average Bonchev–Trinajstić information content (AvgIpc) is 2.80. The number of amides is 4. The van der Waals surface area contributed by atoms with Gasteiger partial charge in [0.15, 0.2) is 0 Å². The summed E-state index contributed by atoms with van der Waals surface area (Å²) >= 11 is 0. The number of primary amides is 2. The van der Waals surface area contributed by atoms with Crippen LogP contribution in [0.2, 0.25) is 0 Å². The van der Waals surface area contributed by atoms with E-state index in [-0.39, 0.29) is 18.5 Å². The zero-order valence-electron chi connectivity index (χ0n) is 25.2. The summed E-state index contributed by atoms with van der Waals surface area (Å²) in [7, 11) is -3.45. The van der Waals surface area contributed by atoms with Crippen LogP contribution in [-0.4, -0.2) is 46.4 Å². The summed E-state index contributed by atoms with van der Waals surface area (Å²) < 4.78 is 25.3. The summed E-state index contributed by atoms with van der Waals surface area (Å²) in [5.74, 6) is -2.49. The van der Waals surface area contributed by atoms with Crippen LogP contribution in [0.1, 0.15) is 97.6 Å². The lowest BCUT2D eigenvalue weighted by Gasteiger charge is -2.37. The number of rotatable bonds is 13. The standard InChI is InChI=1S/C29H47N4O7P/c1-27(2,3)39-41(38,40-28(4,5)6)19-21-12-10-20(11-13-21)14-15-24(35)33-29(16-8-7-9-17-29)26(37)32-22(25(31)36)18-23(30)34/h10-13,22H,7-9,14-19H2,1-6H3,(H2,30,34)(H2,31,36)(H,32,37)(H,33,35)/t22-/m0/s1. The SMILES string of the molecule is CC(C)(C)OP(=O)(Cc1ccc(CCC(=O)NC2(C(=O)N[C@@H](CC(N)=O)C(N)=O)CCCCC2)cc1)OC(C)(C)C. The van der Waals surface area contributed by atoms with Gasteiger partial charge in [-0.2, -0.15) is 0 Å². The number of aryl methyl sites for hydroxylation is 1. The van der Waals surface area contributed by atoms with E-state index in [1.54, 1.807) is 0 Å². The maximum atomic E-state index is 13.6. The van der Waals surface area contributed by atoms with Crippen molar-refractivity contribution in [1.82, 2.24) is 10.6 Å². The Hall–Kier alpha value is -2.75. The minimum Gasteiger partial charge on any atom is -0.370 e. The van der Waals surface area contributed by atoms with Crippen LogP contribution >= 0.6 is 7.60 Å². The first kappa shape index (κ1) is 34.5. The molecule has 4 amide bonds. The molecule has 0 radical (unpaired) electrons. The third-order valence-corrected chi connectivity index (χ3v) is 8.84. The molecular formula is C29H47N4O7P. The Morgan fingerprint density at radius 1 is 0.902 bits per heavy atom. The molecule has 0 spiro atoms. The predicted molar refractivity (Wildman–Crippen MR) is 157 cm³/mol. The molecule has 2 rings (SSSR count). The average molecular weight is 595 g/mol. The Balaban J connectivity index is 2.06. The van der Waals surface area contributed by atoms with Crippen molar-refractivity contribution in [3.63, 3.8) is 0 Å². The number of nitrogens with one attached hydrogen (secondary N) is 2. The van der Waals surface area contributed by atoms with E-state index in [0.717, 1.165) is 30.4 Å². The number of nitrogens with two attached hydrogens (primary N) is 2. The molecule has 0 aromatic heterocycles. The highest BCUT2D eigenvalue weighted by atomic mass is 31.2. The summed E-state index contributed by atoms with van der Waals surface area (Å²) in [6.07, 6.45) is 3.46. The molecule has 11 nitrogen and oxygen atoms in total. The maximum Gasteiger partial charge on any atom is 0.336 e. The second kappa shape index (κ2) is 13.9. The number of benzene rings is 1. The fourth-order valence-electron chi connectivity index (χ4n) is 4.82. The summed E-state index contributed by atoms with van der Waals surface area (Å²) in [5.41, 5.74) is 9.72. The molecule has 1 atom stereocenters. The monoisotopic (exact) mass is 594 g/mol. The van der Waals surface area contributed by atoms with Crippen LogP contribution in [-0.2, 0) is 45.4 Å². The number of carbonyl (C=O) groups excluding carboxylic acids is 4. The third-order valence-electron chi connectivity index (χ3n) is 6.44. The Kier molecular flexibility index (Phi) is 11.7. The molecule has 1 saturated carbocycles. The highest BCUT2D eigenvalue weighted by Crippen LogP contribution is 2.56. The fourth-order valence-corrected chi connectivity index (χ4v) is 7.32. The molecule has 0 aliphatic heterocycles. The summed E-state index contributed by atoms with van der Waals surface area (Å²) in [5, 5.41) is 5.41. The smallest absolute Gasteiger partial charge is 0.336 e. The van der Waals surface area contributed by atoms with Crippen molar-refractivity contribution in [2.45, 2.75) is 122 Å². The second-order valence-electron chi connectivity index (χ2n) is 12.8. The van der Waals surface area contributed by atoms with Gasteiger partial charge in [-0.05, 0) is 71.9 Å². The molecule has 6 N–H and O–H groups in total. The van der Waals surface area contributed by atoms with E-state index in [1.165, 1.54) is 0 Å². The number of hydrogen-bond acceptors (Lipinski definition) is 7. The van der Waals surface area contributed by atoms with Crippen molar-refractivity contribution >= 4 is 31.2 Å². The van der Waals surface area contributed by atoms with Crippen molar-refractivity contribution in [3.05, 3.63) is 35.4 Å². The fraction of sp³-hybridized carbons (Fsp3) is 0.655. The van der Waals surface area contributed by atoms with Crippen molar-refractivity contribution in [3.8, 4) is 0 Å². The van der Waals surface area contributed by atoms with Gasteiger partial charge in [0.25, 0.3) is 0 Å².